The molecule has 1 aromatic carbocycles. The third-order valence-corrected chi connectivity index (χ3v) is 2.32. The van der Waals surface area contributed by atoms with Gasteiger partial charge in [-0.25, -0.2) is 13.6 Å². The number of aliphatic carboxylic acids is 1. The molecule has 0 radical (unpaired) electrons. The lowest BCUT2D eigenvalue weighted by Gasteiger charge is -2.08. The molecule has 0 aliphatic heterocycles. The summed E-state index contributed by atoms with van der Waals surface area (Å²) in [5, 5.41) is 12.1. The van der Waals surface area contributed by atoms with Gasteiger partial charge in [0, 0.05) is 12.5 Å². The van der Waals surface area contributed by atoms with Crippen LogP contribution in [0.25, 0.3) is 0 Å². The summed E-state index contributed by atoms with van der Waals surface area (Å²) >= 11 is 0. The molecule has 0 bridgehead atoms. The molecule has 0 saturated carbocycles. The molecular formula is C12H12F2N2O4. The van der Waals surface area contributed by atoms with E-state index in [-0.39, 0.29) is 5.56 Å². The Morgan fingerprint density at radius 2 is 1.80 bits per heavy atom. The summed E-state index contributed by atoms with van der Waals surface area (Å²) in [5.74, 6) is -3.58. The van der Waals surface area contributed by atoms with E-state index in [1.54, 1.807) is 5.32 Å². The number of imide groups is 1. The molecule has 0 aliphatic carbocycles. The summed E-state index contributed by atoms with van der Waals surface area (Å²) in [5.41, 5.74) is -0.345. The highest BCUT2D eigenvalue weighted by atomic mass is 19.1. The summed E-state index contributed by atoms with van der Waals surface area (Å²) in [6.07, 6.45) is -0.833. The van der Waals surface area contributed by atoms with Crippen LogP contribution in [0, 0.1) is 18.6 Å². The van der Waals surface area contributed by atoms with Crippen molar-refractivity contribution in [1.29, 1.82) is 0 Å². The van der Waals surface area contributed by atoms with Crippen molar-refractivity contribution in [3.05, 3.63) is 29.3 Å². The number of halogens is 2. The number of carbonyl (C=O) groups is 3. The van der Waals surface area contributed by atoms with Crippen molar-refractivity contribution < 1.29 is 28.3 Å². The quantitative estimate of drug-likeness (QED) is 0.786. The van der Waals surface area contributed by atoms with Gasteiger partial charge < -0.3 is 10.4 Å². The fourth-order valence-electron chi connectivity index (χ4n) is 1.31. The number of aryl methyl sites for hydroxylation is 1. The Bertz CT molecular complexity index is 561. The van der Waals surface area contributed by atoms with Crippen LogP contribution in [-0.2, 0) is 9.59 Å². The number of urea groups is 1. The summed E-state index contributed by atoms with van der Waals surface area (Å²) in [6, 6.07) is 0.617. The van der Waals surface area contributed by atoms with Gasteiger partial charge in [0.25, 0.3) is 0 Å². The first-order valence-electron chi connectivity index (χ1n) is 5.58. The van der Waals surface area contributed by atoms with E-state index in [1.807, 2.05) is 5.32 Å². The van der Waals surface area contributed by atoms with Crippen LogP contribution in [0.15, 0.2) is 12.1 Å². The van der Waals surface area contributed by atoms with Gasteiger partial charge in [0.05, 0.1) is 12.1 Å². The number of carbonyl (C=O) groups excluding carboxylic acids is 2. The number of benzene rings is 1. The number of amides is 3. The Labute approximate surface area is 112 Å². The minimum atomic E-state index is -1.19. The molecule has 6 nitrogen and oxygen atoms in total. The van der Waals surface area contributed by atoms with E-state index in [1.165, 1.54) is 6.92 Å². The molecule has 3 N–H and O–H groups in total. The van der Waals surface area contributed by atoms with Gasteiger partial charge in [0.1, 0.15) is 11.6 Å². The van der Waals surface area contributed by atoms with Crippen LogP contribution in [0.3, 0.4) is 0 Å². The van der Waals surface area contributed by atoms with Crippen molar-refractivity contribution in [3.8, 4) is 0 Å². The van der Waals surface area contributed by atoms with E-state index >= 15 is 0 Å². The monoisotopic (exact) mass is 286 g/mol. The molecule has 0 unspecified atom stereocenters. The molecule has 0 aliphatic rings. The lowest BCUT2D eigenvalue weighted by Crippen LogP contribution is -2.34. The summed E-state index contributed by atoms with van der Waals surface area (Å²) in [7, 11) is 0. The Morgan fingerprint density at radius 3 is 2.40 bits per heavy atom. The smallest absolute Gasteiger partial charge is 0.325 e. The second-order valence-electron chi connectivity index (χ2n) is 3.98. The second-order valence-corrected chi connectivity index (χ2v) is 3.98. The topological polar surface area (TPSA) is 95.5 Å². The molecule has 0 aromatic heterocycles. The van der Waals surface area contributed by atoms with Crippen LogP contribution >= 0.6 is 0 Å². The summed E-state index contributed by atoms with van der Waals surface area (Å²) < 4.78 is 26.6. The van der Waals surface area contributed by atoms with E-state index in [2.05, 4.69) is 0 Å². The first-order chi connectivity index (χ1) is 9.29. The normalized spacial score (nSPS) is 9.95. The van der Waals surface area contributed by atoms with Crippen LogP contribution in [0.4, 0.5) is 19.3 Å². The highest BCUT2D eigenvalue weighted by Crippen LogP contribution is 2.18. The van der Waals surface area contributed by atoms with E-state index in [0.29, 0.717) is 0 Å². The van der Waals surface area contributed by atoms with E-state index < -0.39 is 48.1 Å². The third-order valence-electron chi connectivity index (χ3n) is 2.32. The van der Waals surface area contributed by atoms with E-state index in [4.69, 9.17) is 5.11 Å². The van der Waals surface area contributed by atoms with Crippen LogP contribution < -0.4 is 10.6 Å². The lowest BCUT2D eigenvalue weighted by molar-refractivity contribution is -0.138. The first-order valence-corrected chi connectivity index (χ1v) is 5.58. The number of carboxylic acids is 1. The van der Waals surface area contributed by atoms with Gasteiger partial charge in [0.2, 0.25) is 5.91 Å². The highest BCUT2D eigenvalue weighted by Gasteiger charge is 2.13. The van der Waals surface area contributed by atoms with Crippen molar-refractivity contribution in [1.82, 2.24) is 5.32 Å². The van der Waals surface area contributed by atoms with Crippen LogP contribution in [0.2, 0.25) is 0 Å². The molecule has 20 heavy (non-hydrogen) atoms. The highest BCUT2D eigenvalue weighted by molar-refractivity contribution is 6.01. The summed E-state index contributed by atoms with van der Waals surface area (Å²) in [6.45, 7) is 1.36. The Kier molecular flexibility index (Phi) is 5.13. The van der Waals surface area contributed by atoms with Gasteiger partial charge in [-0.2, -0.15) is 0 Å². The number of carboxylic acid groups (broad SMARTS) is 1. The van der Waals surface area contributed by atoms with Crippen molar-refractivity contribution in [2.24, 2.45) is 0 Å². The Balaban J connectivity index is 2.61. The fraction of sp³-hybridized carbons (Fsp3) is 0.250. The van der Waals surface area contributed by atoms with Crippen LogP contribution in [-0.4, -0.2) is 23.0 Å². The number of hydrogen-bond acceptors (Lipinski definition) is 3. The Morgan fingerprint density at radius 1 is 1.15 bits per heavy atom. The van der Waals surface area contributed by atoms with E-state index in [0.717, 1.165) is 12.1 Å². The predicted molar refractivity (Wildman–Crippen MR) is 65.1 cm³/mol. The molecule has 0 heterocycles. The molecule has 8 heteroatoms. The Hall–Kier alpha value is -2.51. The molecule has 108 valence electrons. The zero-order valence-corrected chi connectivity index (χ0v) is 10.5. The predicted octanol–water partition coefficient (Wildman–Crippen LogP) is 1.79. The number of nitrogens with one attached hydrogen (secondary N) is 2. The largest absolute Gasteiger partial charge is 0.481 e. The minimum Gasteiger partial charge on any atom is -0.481 e. The third kappa shape index (κ3) is 4.63. The zero-order valence-electron chi connectivity index (χ0n) is 10.5. The first kappa shape index (κ1) is 15.5. The van der Waals surface area contributed by atoms with Crippen molar-refractivity contribution in [3.63, 3.8) is 0 Å². The molecule has 0 fully saturated rings. The average molecular weight is 286 g/mol. The molecule has 0 atom stereocenters. The second kappa shape index (κ2) is 6.60. The zero-order chi connectivity index (χ0) is 15.3. The standard InChI is InChI=1S/C12H12F2N2O4/c1-6-4-8(14)9(5-7(6)13)15-12(20)16-10(17)2-3-11(18)19/h4-5H,2-3H2,1H3,(H,18,19)(H2,15,16,17,20). The maximum Gasteiger partial charge on any atom is 0.325 e. The van der Waals surface area contributed by atoms with Crippen LogP contribution in [0.5, 0.6) is 0 Å². The maximum absolute atomic E-state index is 13.4. The van der Waals surface area contributed by atoms with Gasteiger partial charge in [0.15, 0.2) is 0 Å². The average Bonchev–Trinajstić information content (AvgIpc) is 2.33. The lowest BCUT2D eigenvalue weighted by atomic mass is 10.2. The molecular weight excluding hydrogens is 274 g/mol. The van der Waals surface area contributed by atoms with Gasteiger partial charge in [-0.15, -0.1) is 0 Å². The SMILES string of the molecule is Cc1cc(F)c(NC(=O)NC(=O)CCC(=O)O)cc1F. The molecule has 1 aromatic rings. The minimum absolute atomic E-state index is 0.0750. The van der Waals surface area contributed by atoms with Gasteiger partial charge >= 0.3 is 12.0 Å². The molecule has 1 rings (SSSR count). The molecule has 3 amide bonds. The fourth-order valence-corrected chi connectivity index (χ4v) is 1.31. The molecule has 0 spiro atoms. The van der Waals surface area contributed by atoms with Crippen molar-refractivity contribution >= 4 is 23.6 Å². The number of hydrogen-bond donors (Lipinski definition) is 3. The van der Waals surface area contributed by atoms with Gasteiger partial charge in [-0.1, -0.05) is 0 Å². The van der Waals surface area contributed by atoms with E-state index in [9.17, 15) is 23.2 Å². The number of rotatable bonds is 4. The molecule has 0 saturated heterocycles. The van der Waals surface area contributed by atoms with Gasteiger partial charge in [-0.05, 0) is 18.6 Å². The van der Waals surface area contributed by atoms with Crippen molar-refractivity contribution in [2.45, 2.75) is 19.8 Å². The summed E-state index contributed by atoms with van der Waals surface area (Å²) in [4.78, 5) is 32.7. The number of anilines is 1. The maximum atomic E-state index is 13.4. The van der Waals surface area contributed by atoms with Crippen LogP contribution in [0.1, 0.15) is 18.4 Å². The van der Waals surface area contributed by atoms with Gasteiger partial charge in [-0.3, -0.25) is 14.9 Å². The van der Waals surface area contributed by atoms with Crippen molar-refractivity contribution in [2.75, 3.05) is 5.32 Å².